The molecule has 1 fully saturated rings. The molecular formula is C34H44N7O10P. The van der Waals surface area contributed by atoms with Crippen LogP contribution in [0.15, 0.2) is 67.0 Å². The van der Waals surface area contributed by atoms with E-state index >= 15 is 0 Å². The Labute approximate surface area is 300 Å². The predicted octanol–water partition coefficient (Wildman–Crippen LogP) is 2.08. The van der Waals surface area contributed by atoms with Crippen LogP contribution in [0.3, 0.4) is 0 Å². The molecule has 0 saturated carbocycles. The van der Waals surface area contributed by atoms with E-state index in [0.717, 1.165) is 11.1 Å². The number of aliphatic hydroxyl groups excluding tert-OH is 1. The summed E-state index contributed by atoms with van der Waals surface area (Å²) < 4.78 is 44.3. The van der Waals surface area contributed by atoms with Crippen molar-refractivity contribution in [1.82, 2.24) is 29.7 Å². The van der Waals surface area contributed by atoms with E-state index in [0.29, 0.717) is 0 Å². The van der Waals surface area contributed by atoms with Crippen LogP contribution in [0.2, 0.25) is 0 Å². The van der Waals surface area contributed by atoms with E-state index in [-0.39, 0.29) is 49.0 Å². The van der Waals surface area contributed by atoms with Crippen LogP contribution in [-0.2, 0) is 45.7 Å². The number of aromatic nitrogens is 4. The van der Waals surface area contributed by atoms with E-state index in [1.807, 2.05) is 12.1 Å². The molecule has 2 aromatic heterocycles. The van der Waals surface area contributed by atoms with Crippen LogP contribution in [-0.4, -0.2) is 98.5 Å². The molecule has 6 N–H and O–H groups in total. The topological polar surface area (TPSA) is 232 Å². The van der Waals surface area contributed by atoms with E-state index in [4.69, 9.17) is 29.2 Å². The van der Waals surface area contributed by atoms with Crippen molar-refractivity contribution in [3.8, 4) is 5.88 Å². The van der Waals surface area contributed by atoms with Gasteiger partial charge in [-0.3, -0.25) is 18.7 Å². The maximum Gasteiger partial charge on any atom is 0.342 e. The number of hydrogen-bond donors (Lipinski definition) is 5. The fraction of sp³-hybridized carbons (Fsp3) is 0.441. The summed E-state index contributed by atoms with van der Waals surface area (Å²) in [5.41, 5.74) is 5.77. The van der Waals surface area contributed by atoms with Crippen LogP contribution in [0, 0.1) is 0 Å². The highest BCUT2D eigenvalue weighted by molar-refractivity contribution is 7.54. The van der Waals surface area contributed by atoms with E-state index in [1.165, 1.54) is 24.9 Å². The Kier molecular flexibility index (Phi) is 12.6. The molecule has 0 aliphatic carbocycles. The van der Waals surface area contributed by atoms with Crippen LogP contribution >= 0.6 is 7.67 Å². The molecule has 4 aromatic rings. The molecule has 6 atom stereocenters. The zero-order valence-corrected chi connectivity index (χ0v) is 30.1. The number of nitrogen functional groups attached to an aromatic ring is 1. The predicted molar refractivity (Wildman–Crippen MR) is 188 cm³/mol. The van der Waals surface area contributed by atoms with Gasteiger partial charge in [-0.2, -0.15) is 9.97 Å². The first kappa shape index (κ1) is 38.7. The Hall–Kier alpha value is -4.48. The van der Waals surface area contributed by atoms with Crippen molar-refractivity contribution in [2.24, 2.45) is 0 Å². The third-order valence-corrected chi connectivity index (χ3v) is 10.2. The number of benzene rings is 2. The lowest BCUT2D eigenvalue weighted by Gasteiger charge is -2.30. The summed E-state index contributed by atoms with van der Waals surface area (Å²) in [7, 11) is -3.08. The highest BCUT2D eigenvalue weighted by Crippen LogP contribution is 2.44. The third kappa shape index (κ3) is 8.93. The van der Waals surface area contributed by atoms with Gasteiger partial charge in [0.25, 0.3) is 0 Å². The maximum atomic E-state index is 14.9. The van der Waals surface area contributed by atoms with E-state index in [9.17, 15) is 24.4 Å². The SMILES string of the molecule is CCOC(=O)[C@H](Cc1ccccc1)NP(=O)(N[C@@H](Cc1ccccc1)C(=O)OCC)OC[C@H]1OC(n2cnc3c(OC)nc(N)nc32)C(C)(O)[C@H]1O. The van der Waals surface area contributed by atoms with Crippen molar-refractivity contribution >= 4 is 36.7 Å². The van der Waals surface area contributed by atoms with Gasteiger partial charge in [0.1, 0.15) is 29.9 Å². The van der Waals surface area contributed by atoms with Crippen LogP contribution in [0.5, 0.6) is 5.88 Å². The number of fused-ring (bicyclic) bond motifs is 1. The van der Waals surface area contributed by atoms with Crippen molar-refractivity contribution in [3.05, 3.63) is 78.1 Å². The monoisotopic (exact) mass is 741 g/mol. The summed E-state index contributed by atoms with van der Waals surface area (Å²) in [4.78, 5) is 39.1. The molecule has 5 rings (SSSR count). The molecule has 0 amide bonds. The van der Waals surface area contributed by atoms with Gasteiger partial charge in [0.05, 0.1) is 33.3 Å². The van der Waals surface area contributed by atoms with Gasteiger partial charge in [-0.1, -0.05) is 60.7 Å². The normalized spacial score (nSPS) is 21.5. The molecule has 0 radical (unpaired) electrons. The molecule has 1 aliphatic rings. The minimum atomic E-state index is -4.46. The van der Waals surface area contributed by atoms with Crippen LogP contribution in [0.4, 0.5) is 5.95 Å². The summed E-state index contributed by atoms with van der Waals surface area (Å²) in [6, 6.07) is 15.6. The number of esters is 2. The first-order valence-electron chi connectivity index (χ1n) is 16.7. The average molecular weight is 742 g/mol. The number of rotatable bonds is 17. The zero-order chi connectivity index (χ0) is 37.5. The number of nitrogens with two attached hydrogens (primary N) is 1. The van der Waals surface area contributed by atoms with E-state index in [2.05, 4.69) is 25.1 Å². The molecule has 18 heteroatoms. The van der Waals surface area contributed by atoms with Gasteiger partial charge in [0.15, 0.2) is 17.4 Å². The number of hydrogen-bond acceptors (Lipinski definition) is 14. The molecule has 2 unspecified atom stereocenters. The molecule has 0 bridgehead atoms. The second-order valence-corrected chi connectivity index (χ2v) is 14.1. The van der Waals surface area contributed by atoms with Gasteiger partial charge in [-0.05, 0) is 44.7 Å². The quantitative estimate of drug-likeness (QED) is 0.0770. The largest absolute Gasteiger partial charge is 0.479 e. The van der Waals surface area contributed by atoms with Crippen molar-refractivity contribution in [1.29, 1.82) is 0 Å². The number of aliphatic hydroxyl groups is 2. The summed E-state index contributed by atoms with van der Waals surface area (Å²) in [6.07, 6.45) is -2.74. The number of ether oxygens (including phenoxy) is 4. The minimum absolute atomic E-state index is 0.0494. The van der Waals surface area contributed by atoms with Crippen molar-refractivity contribution in [2.45, 2.75) is 69.7 Å². The highest BCUT2D eigenvalue weighted by Gasteiger charge is 2.54. The highest BCUT2D eigenvalue weighted by atomic mass is 31.2. The molecule has 17 nitrogen and oxygen atoms in total. The minimum Gasteiger partial charge on any atom is -0.479 e. The van der Waals surface area contributed by atoms with Crippen molar-refractivity contribution < 1.29 is 47.8 Å². The molecule has 280 valence electrons. The second-order valence-electron chi connectivity index (χ2n) is 12.2. The summed E-state index contributed by atoms with van der Waals surface area (Å²) >= 11 is 0. The standard InChI is InChI=1S/C34H44N7O10P/c1-5-48-30(43)23(17-21-13-9-7-10-14-21)39-52(46,40-24(31(44)49-6-2)18-22-15-11-8-12-16-22)50-19-25-27(42)34(3,45)32(51-25)41-20-36-26-28(41)37-33(35)38-29(26)47-4/h7-16,20,23-25,27,32,42,45H,5-6,17-19H2,1-4H3,(H2,35,37,38)(H2,39,40,46)/t23-,24-,25+,27-,32?,34?/m0/s1. The van der Waals surface area contributed by atoms with Crippen molar-refractivity contribution in [3.63, 3.8) is 0 Å². The Morgan fingerprint density at radius 2 is 1.52 bits per heavy atom. The van der Waals surface area contributed by atoms with Gasteiger partial charge in [-0.25, -0.2) is 15.2 Å². The summed E-state index contributed by atoms with van der Waals surface area (Å²) in [5, 5.41) is 28.5. The number of imidazole rings is 1. The van der Waals surface area contributed by atoms with E-state index in [1.54, 1.807) is 62.4 Å². The van der Waals surface area contributed by atoms with Crippen molar-refractivity contribution in [2.75, 3.05) is 32.7 Å². The van der Waals surface area contributed by atoms with Gasteiger partial charge in [-0.15, -0.1) is 0 Å². The van der Waals surface area contributed by atoms with Crippen LogP contribution < -0.4 is 20.6 Å². The fourth-order valence-electron chi connectivity index (χ4n) is 5.85. The van der Waals surface area contributed by atoms with Gasteiger partial charge < -0.3 is 39.4 Å². The first-order chi connectivity index (χ1) is 24.9. The maximum absolute atomic E-state index is 14.9. The van der Waals surface area contributed by atoms with Gasteiger partial charge >= 0.3 is 19.6 Å². The number of methoxy groups -OCH3 is 1. The van der Waals surface area contributed by atoms with E-state index < -0.39 is 62.3 Å². The number of carbonyl (C=O) groups is 2. The zero-order valence-electron chi connectivity index (χ0n) is 29.2. The van der Waals surface area contributed by atoms with Crippen LogP contribution in [0.25, 0.3) is 11.2 Å². The Morgan fingerprint density at radius 3 is 2.02 bits per heavy atom. The number of nitrogens with one attached hydrogen (secondary N) is 2. The molecule has 0 spiro atoms. The molecule has 3 heterocycles. The molecular weight excluding hydrogens is 697 g/mol. The second kappa shape index (κ2) is 16.9. The summed E-state index contributed by atoms with van der Waals surface area (Å²) in [6.45, 7) is 4.15. The van der Waals surface area contributed by atoms with Gasteiger partial charge in [0.2, 0.25) is 11.8 Å². The van der Waals surface area contributed by atoms with Crippen LogP contribution in [0.1, 0.15) is 38.1 Å². The average Bonchev–Trinajstić information content (AvgIpc) is 3.64. The molecule has 1 aliphatic heterocycles. The first-order valence-corrected chi connectivity index (χ1v) is 18.3. The third-order valence-electron chi connectivity index (χ3n) is 8.39. The lowest BCUT2D eigenvalue weighted by Crippen LogP contribution is -2.47. The molecule has 52 heavy (non-hydrogen) atoms. The Morgan fingerprint density at radius 1 is 0.981 bits per heavy atom. The number of anilines is 1. The Balaban J connectivity index is 1.46. The Bertz CT molecular complexity index is 1790. The fourth-order valence-corrected chi connectivity index (χ4v) is 7.64. The lowest BCUT2D eigenvalue weighted by molar-refractivity contribution is -0.145. The molecule has 1 saturated heterocycles. The van der Waals surface area contributed by atoms with Gasteiger partial charge in [0, 0.05) is 0 Å². The smallest absolute Gasteiger partial charge is 0.342 e. The number of nitrogens with zero attached hydrogens (tertiary/aromatic N) is 4. The lowest BCUT2D eigenvalue weighted by atomic mass is 9.96. The molecule has 2 aromatic carbocycles. The summed E-state index contributed by atoms with van der Waals surface area (Å²) in [5.74, 6) is -1.45. The number of carbonyl (C=O) groups excluding carboxylic acids is 2.